The van der Waals surface area contributed by atoms with Crippen LogP contribution in [0.5, 0.6) is 0 Å². The van der Waals surface area contributed by atoms with Gasteiger partial charge in [0.2, 0.25) is 0 Å². The third kappa shape index (κ3) is 1.18. The van der Waals surface area contributed by atoms with Gasteiger partial charge in [-0.2, -0.15) is 0 Å². The van der Waals surface area contributed by atoms with Gasteiger partial charge >= 0.3 is 0 Å². The zero-order chi connectivity index (χ0) is 9.42. The number of aromatic nitrogens is 1. The van der Waals surface area contributed by atoms with Crippen LogP contribution in [0.2, 0.25) is 5.02 Å². The van der Waals surface area contributed by atoms with E-state index in [2.05, 4.69) is 4.98 Å². The van der Waals surface area contributed by atoms with Crippen molar-refractivity contribution in [3.8, 4) is 0 Å². The summed E-state index contributed by atoms with van der Waals surface area (Å²) in [6.07, 6.45) is 0.473. The van der Waals surface area contributed by atoms with Gasteiger partial charge in [0.25, 0.3) is 5.56 Å². The van der Waals surface area contributed by atoms with Crippen molar-refractivity contribution in [2.75, 3.05) is 0 Å². The van der Waals surface area contributed by atoms with Gasteiger partial charge in [-0.05, 0) is 11.4 Å². The van der Waals surface area contributed by atoms with E-state index in [0.717, 1.165) is 4.70 Å². The molecule has 0 atom stereocenters. The number of thiophene rings is 1. The summed E-state index contributed by atoms with van der Waals surface area (Å²) in [6, 6.07) is 1.75. The highest BCUT2D eigenvalue weighted by Gasteiger charge is 2.10. The molecule has 2 aromatic rings. The second-order valence-electron chi connectivity index (χ2n) is 2.46. The highest BCUT2D eigenvalue weighted by atomic mass is 35.5. The normalized spacial score (nSPS) is 10.5. The van der Waals surface area contributed by atoms with Gasteiger partial charge in [0.05, 0.1) is 20.8 Å². The largest absolute Gasteiger partial charge is 0.320 e. The second-order valence-corrected chi connectivity index (χ2v) is 3.76. The highest BCUT2D eigenvalue weighted by Crippen LogP contribution is 2.27. The molecule has 1 N–H and O–H groups in total. The number of halogens is 1. The Bertz CT molecular complexity index is 528. The molecule has 2 aromatic heterocycles. The lowest BCUT2D eigenvalue weighted by atomic mass is 10.3. The van der Waals surface area contributed by atoms with Crippen LogP contribution in [0.25, 0.3) is 10.2 Å². The number of fused-ring (bicyclic) bond motifs is 1. The van der Waals surface area contributed by atoms with Crippen LogP contribution in [0, 0.1) is 0 Å². The molecule has 0 aliphatic carbocycles. The monoisotopic (exact) mass is 213 g/mol. The van der Waals surface area contributed by atoms with E-state index in [-0.39, 0.29) is 10.6 Å². The first kappa shape index (κ1) is 8.47. The van der Waals surface area contributed by atoms with E-state index in [1.165, 1.54) is 11.3 Å². The first-order valence-corrected chi connectivity index (χ1v) is 4.74. The summed E-state index contributed by atoms with van der Waals surface area (Å²) in [4.78, 5) is 24.3. The zero-order valence-corrected chi connectivity index (χ0v) is 7.91. The smallest absolute Gasteiger partial charge is 0.260 e. The predicted molar refractivity (Wildman–Crippen MR) is 52.8 cm³/mol. The molecule has 0 aliphatic heterocycles. The van der Waals surface area contributed by atoms with Gasteiger partial charge in [0.15, 0.2) is 6.29 Å². The number of rotatable bonds is 1. The number of carbonyl (C=O) groups excluding carboxylic acids is 1. The third-order valence-corrected chi connectivity index (χ3v) is 3.15. The van der Waals surface area contributed by atoms with Crippen molar-refractivity contribution in [1.82, 2.24) is 4.98 Å². The molecule has 0 amide bonds. The number of aldehydes is 1. The maximum absolute atomic E-state index is 11.2. The van der Waals surface area contributed by atoms with Crippen LogP contribution < -0.4 is 5.56 Å². The zero-order valence-electron chi connectivity index (χ0n) is 6.33. The standard InChI is InChI=1S/C8H4ClNO2S/c9-6-4(3-11)8(12)10-5-1-2-13-7(5)6/h1-3H,(H,10,12). The summed E-state index contributed by atoms with van der Waals surface area (Å²) in [6.45, 7) is 0. The summed E-state index contributed by atoms with van der Waals surface area (Å²) in [5.41, 5.74) is 0.230. The number of nitrogens with one attached hydrogen (secondary N) is 1. The van der Waals surface area contributed by atoms with Gasteiger partial charge in [-0.1, -0.05) is 11.6 Å². The molecule has 0 aromatic carbocycles. The Hall–Kier alpha value is -1.13. The Morgan fingerprint density at radius 2 is 2.31 bits per heavy atom. The Labute approximate surface area is 82.0 Å². The quantitative estimate of drug-likeness (QED) is 0.738. The minimum absolute atomic E-state index is 0.00313. The van der Waals surface area contributed by atoms with Gasteiger partial charge < -0.3 is 4.98 Å². The molecule has 13 heavy (non-hydrogen) atoms. The molecule has 66 valence electrons. The van der Waals surface area contributed by atoms with Crippen molar-refractivity contribution in [2.24, 2.45) is 0 Å². The maximum Gasteiger partial charge on any atom is 0.260 e. The first-order valence-electron chi connectivity index (χ1n) is 3.48. The van der Waals surface area contributed by atoms with E-state index in [9.17, 15) is 9.59 Å². The van der Waals surface area contributed by atoms with Crippen LogP contribution in [0.1, 0.15) is 10.4 Å². The van der Waals surface area contributed by atoms with E-state index < -0.39 is 5.56 Å². The third-order valence-electron chi connectivity index (χ3n) is 1.71. The van der Waals surface area contributed by atoms with Crippen molar-refractivity contribution in [1.29, 1.82) is 0 Å². The number of hydrogen-bond acceptors (Lipinski definition) is 3. The molecule has 0 unspecified atom stereocenters. The van der Waals surface area contributed by atoms with Crippen molar-refractivity contribution >= 4 is 39.4 Å². The van der Waals surface area contributed by atoms with Crippen LogP contribution in [-0.2, 0) is 0 Å². The molecule has 0 bridgehead atoms. The Kier molecular flexibility index (Phi) is 1.94. The minimum Gasteiger partial charge on any atom is -0.320 e. The van der Waals surface area contributed by atoms with Crippen molar-refractivity contribution in [2.45, 2.75) is 0 Å². The van der Waals surface area contributed by atoms with E-state index in [4.69, 9.17) is 11.6 Å². The lowest BCUT2D eigenvalue weighted by Crippen LogP contribution is -2.11. The molecule has 0 aliphatic rings. The van der Waals surface area contributed by atoms with Crippen LogP contribution in [0.15, 0.2) is 16.2 Å². The number of aromatic amines is 1. The molecule has 0 saturated carbocycles. The summed E-state index contributed by atoms with van der Waals surface area (Å²) in [7, 11) is 0. The van der Waals surface area contributed by atoms with E-state index in [1.54, 1.807) is 11.4 Å². The molecule has 0 saturated heterocycles. The van der Waals surface area contributed by atoms with Gasteiger partial charge in [-0.25, -0.2) is 0 Å². The van der Waals surface area contributed by atoms with E-state index in [1.807, 2.05) is 0 Å². The fourth-order valence-corrected chi connectivity index (χ4v) is 2.26. The van der Waals surface area contributed by atoms with E-state index in [0.29, 0.717) is 11.8 Å². The fraction of sp³-hybridized carbons (Fsp3) is 0. The summed E-state index contributed by atoms with van der Waals surface area (Å²) in [5.74, 6) is 0. The van der Waals surface area contributed by atoms with Crippen molar-refractivity contribution in [3.05, 3.63) is 32.4 Å². The van der Waals surface area contributed by atoms with Crippen LogP contribution in [0.4, 0.5) is 0 Å². The predicted octanol–water partition coefficient (Wildman–Crippen LogP) is 2.06. The number of pyridine rings is 1. The van der Waals surface area contributed by atoms with Crippen LogP contribution in [0.3, 0.4) is 0 Å². The average molecular weight is 214 g/mol. The lowest BCUT2D eigenvalue weighted by molar-refractivity contribution is 0.112. The van der Waals surface area contributed by atoms with Gasteiger partial charge in [-0.15, -0.1) is 11.3 Å². The molecular formula is C8H4ClNO2S. The molecule has 2 rings (SSSR count). The molecule has 3 nitrogen and oxygen atoms in total. The maximum atomic E-state index is 11.2. The summed E-state index contributed by atoms with van der Waals surface area (Å²) < 4.78 is 0.739. The Morgan fingerprint density at radius 3 is 3.00 bits per heavy atom. The van der Waals surface area contributed by atoms with Gasteiger partial charge in [0.1, 0.15) is 0 Å². The second kappa shape index (κ2) is 2.97. The van der Waals surface area contributed by atoms with Gasteiger partial charge in [0, 0.05) is 0 Å². The lowest BCUT2D eigenvalue weighted by Gasteiger charge is -1.95. The molecule has 2 heterocycles. The number of hydrogen-bond donors (Lipinski definition) is 1. The number of H-pyrrole nitrogens is 1. The fourth-order valence-electron chi connectivity index (χ4n) is 1.09. The minimum atomic E-state index is -0.439. The Balaban J connectivity index is 3.01. The summed E-state index contributed by atoms with van der Waals surface area (Å²) in [5, 5.41) is 2.05. The molecule has 0 radical (unpaired) electrons. The van der Waals surface area contributed by atoms with Crippen LogP contribution >= 0.6 is 22.9 Å². The first-order chi connectivity index (χ1) is 6.24. The Morgan fingerprint density at radius 1 is 1.54 bits per heavy atom. The van der Waals surface area contributed by atoms with Crippen molar-refractivity contribution < 1.29 is 4.79 Å². The van der Waals surface area contributed by atoms with Gasteiger partial charge in [-0.3, -0.25) is 9.59 Å². The molecular weight excluding hydrogens is 210 g/mol. The molecule has 0 fully saturated rings. The number of carbonyl (C=O) groups is 1. The molecule has 0 spiro atoms. The topological polar surface area (TPSA) is 49.9 Å². The SMILES string of the molecule is O=Cc1c(Cl)c2sccc2[nH]c1=O. The van der Waals surface area contributed by atoms with Crippen LogP contribution in [-0.4, -0.2) is 11.3 Å². The highest BCUT2D eigenvalue weighted by molar-refractivity contribution is 7.17. The molecule has 5 heteroatoms. The van der Waals surface area contributed by atoms with Crippen molar-refractivity contribution in [3.63, 3.8) is 0 Å². The van der Waals surface area contributed by atoms with E-state index >= 15 is 0 Å². The average Bonchev–Trinajstić information content (AvgIpc) is 2.53. The summed E-state index contributed by atoms with van der Waals surface area (Å²) >= 11 is 7.24.